The first-order valence-electron chi connectivity index (χ1n) is 19.6. The highest BCUT2D eigenvalue weighted by atomic mass is 32.1. The van der Waals surface area contributed by atoms with E-state index in [2.05, 4.69) is 170 Å². The van der Waals surface area contributed by atoms with E-state index in [0.29, 0.717) is 5.82 Å². The first-order valence-corrected chi connectivity index (χ1v) is 20.3. The number of fused-ring (bicyclic) bond motifs is 11. The molecule has 270 valence electrons. The monoisotopic (exact) mass is 756 g/mol. The molecule has 11 aromatic rings. The van der Waals surface area contributed by atoms with E-state index < -0.39 is 0 Å². The van der Waals surface area contributed by atoms with Crippen LogP contribution in [0.15, 0.2) is 176 Å². The summed E-state index contributed by atoms with van der Waals surface area (Å²) >= 11 is 1.29. The molecule has 58 heavy (non-hydrogen) atoms. The predicted octanol–water partition coefficient (Wildman–Crippen LogP) is 13.9. The van der Waals surface area contributed by atoms with Gasteiger partial charge >= 0.3 is 0 Å². The number of benzene rings is 9. The summed E-state index contributed by atoms with van der Waals surface area (Å²) in [6.07, 6.45) is 2.96. The Bertz CT molecular complexity index is 3480. The molecule has 0 saturated carbocycles. The Morgan fingerprint density at radius 2 is 1.14 bits per heavy atom. The lowest BCUT2D eigenvalue weighted by molar-refractivity contribution is 1.18. The van der Waals surface area contributed by atoms with Crippen LogP contribution < -0.4 is 0 Å². The van der Waals surface area contributed by atoms with E-state index >= 15 is 0 Å². The molecule has 4 nitrogen and oxygen atoms in total. The van der Waals surface area contributed by atoms with Gasteiger partial charge in [0.25, 0.3) is 0 Å². The molecule has 0 N–H and O–H groups in total. The van der Waals surface area contributed by atoms with Gasteiger partial charge in [-0.25, -0.2) is 9.97 Å². The summed E-state index contributed by atoms with van der Waals surface area (Å²) in [4.78, 5) is 10.3. The van der Waals surface area contributed by atoms with E-state index in [1.54, 1.807) is 0 Å². The number of hydrogen-bond donors (Lipinski definition) is 0. The molecule has 0 fully saturated rings. The summed E-state index contributed by atoms with van der Waals surface area (Å²) in [6, 6.07) is 63.0. The molecular weight excluding hydrogens is 725 g/mol. The van der Waals surface area contributed by atoms with Crippen molar-refractivity contribution in [2.45, 2.75) is 6.42 Å². The van der Waals surface area contributed by atoms with Crippen LogP contribution >= 0.6 is 11.7 Å². The van der Waals surface area contributed by atoms with Gasteiger partial charge in [-0.1, -0.05) is 152 Å². The molecule has 0 spiro atoms. The fourth-order valence-electron chi connectivity index (χ4n) is 9.13. The van der Waals surface area contributed by atoms with Gasteiger partial charge in [-0.05, 0) is 108 Å². The largest absolute Gasteiger partial charge is 0.229 e. The standard InChI is InChI=1S/C53H32N4S/c1-3-13-32(14-4-1)44-29-38-30-46(52-53(57-58-56-52)49(38)42-20-10-9-19-41(42)44)36-24-23-35-27-37(40-26-25-33-15-7-8-18-39(33)50(40)45(35)28-36)31-48-54-47-22-12-11-21-43(47)51(55-48)34-16-5-2-6-17-34/h1-26,28-31H,27H2/b37-31-. The quantitative estimate of drug-likeness (QED) is 0.168. The molecule has 1 aliphatic carbocycles. The number of hydrogen-bond acceptors (Lipinski definition) is 5. The number of allylic oxidation sites excluding steroid dienone is 1. The zero-order valence-electron chi connectivity index (χ0n) is 31.2. The van der Waals surface area contributed by atoms with Crippen molar-refractivity contribution in [3.8, 4) is 44.6 Å². The van der Waals surface area contributed by atoms with Crippen molar-refractivity contribution in [3.63, 3.8) is 0 Å². The second-order valence-electron chi connectivity index (χ2n) is 15.1. The molecule has 2 heterocycles. The summed E-state index contributed by atoms with van der Waals surface area (Å²) in [5.74, 6) is 0.712. The average Bonchev–Trinajstić information content (AvgIpc) is 3.79. The molecule has 0 amide bonds. The van der Waals surface area contributed by atoms with Gasteiger partial charge in [-0.2, -0.15) is 8.75 Å². The third kappa shape index (κ3) is 5.21. The van der Waals surface area contributed by atoms with Crippen molar-refractivity contribution in [3.05, 3.63) is 193 Å². The van der Waals surface area contributed by atoms with E-state index in [1.165, 1.54) is 72.2 Å². The van der Waals surface area contributed by atoms with Gasteiger partial charge < -0.3 is 0 Å². The second kappa shape index (κ2) is 13.1. The topological polar surface area (TPSA) is 51.6 Å². The third-order valence-corrected chi connectivity index (χ3v) is 12.3. The van der Waals surface area contributed by atoms with E-state index in [1.807, 2.05) is 12.1 Å². The van der Waals surface area contributed by atoms with Crippen molar-refractivity contribution in [2.24, 2.45) is 0 Å². The predicted molar refractivity (Wildman–Crippen MR) is 243 cm³/mol. The zero-order valence-corrected chi connectivity index (χ0v) is 32.0. The SMILES string of the molecule is C(=C1\Cc2ccc(-c3cc4cc(-c5ccccc5)c5ccccc5c4c4nsnc34)cc2-c2c1ccc1ccccc21)/c1nc(-c2ccccc2)c2ccccc2n1. The molecule has 0 bridgehead atoms. The third-order valence-electron chi connectivity index (χ3n) is 11.8. The molecule has 0 atom stereocenters. The minimum absolute atomic E-state index is 0.712. The van der Waals surface area contributed by atoms with E-state index in [9.17, 15) is 0 Å². The summed E-state index contributed by atoms with van der Waals surface area (Å²) < 4.78 is 9.91. The van der Waals surface area contributed by atoms with Gasteiger partial charge in [-0.3, -0.25) is 0 Å². The lowest BCUT2D eigenvalue weighted by Crippen LogP contribution is -2.05. The van der Waals surface area contributed by atoms with E-state index in [-0.39, 0.29) is 0 Å². The number of aromatic nitrogens is 4. The minimum Gasteiger partial charge on any atom is -0.229 e. The van der Waals surface area contributed by atoms with Crippen LogP contribution in [0.2, 0.25) is 0 Å². The van der Waals surface area contributed by atoms with Crippen LogP contribution in [0.3, 0.4) is 0 Å². The van der Waals surface area contributed by atoms with Crippen LogP contribution in [0.25, 0.3) is 111 Å². The minimum atomic E-state index is 0.712. The second-order valence-corrected chi connectivity index (χ2v) is 15.6. The summed E-state index contributed by atoms with van der Waals surface area (Å²) in [5.41, 5.74) is 15.6. The van der Waals surface area contributed by atoms with Gasteiger partial charge in [0.2, 0.25) is 0 Å². The first kappa shape index (κ1) is 32.9. The van der Waals surface area contributed by atoms with E-state index in [4.69, 9.17) is 18.7 Å². The maximum absolute atomic E-state index is 5.20. The Balaban J connectivity index is 1.06. The number of rotatable bonds is 4. The van der Waals surface area contributed by atoms with Gasteiger partial charge in [0.15, 0.2) is 5.82 Å². The molecule has 0 saturated heterocycles. The maximum Gasteiger partial charge on any atom is 0.153 e. The Morgan fingerprint density at radius 1 is 0.448 bits per heavy atom. The van der Waals surface area contributed by atoms with Gasteiger partial charge in [0, 0.05) is 21.9 Å². The Kier molecular flexibility index (Phi) is 7.43. The van der Waals surface area contributed by atoms with Crippen LogP contribution in [-0.4, -0.2) is 18.7 Å². The van der Waals surface area contributed by atoms with Crippen LogP contribution in [0.5, 0.6) is 0 Å². The van der Waals surface area contributed by atoms with Crippen LogP contribution in [-0.2, 0) is 6.42 Å². The van der Waals surface area contributed by atoms with Crippen molar-refractivity contribution < 1.29 is 0 Å². The lowest BCUT2D eigenvalue weighted by Gasteiger charge is -2.25. The molecule has 0 aliphatic heterocycles. The van der Waals surface area contributed by atoms with Crippen molar-refractivity contribution in [2.75, 3.05) is 0 Å². The first-order chi connectivity index (χ1) is 28.7. The highest BCUT2D eigenvalue weighted by molar-refractivity contribution is 7.00. The number of para-hydroxylation sites is 1. The van der Waals surface area contributed by atoms with Gasteiger partial charge in [0.05, 0.1) is 22.9 Å². The molecule has 1 aliphatic rings. The maximum atomic E-state index is 5.20. The fraction of sp³-hybridized carbons (Fsp3) is 0.0189. The Morgan fingerprint density at radius 3 is 1.98 bits per heavy atom. The molecule has 0 radical (unpaired) electrons. The summed E-state index contributed by atoms with van der Waals surface area (Å²) in [5, 5.41) is 8.21. The summed E-state index contributed by atoms with van der Waals surface area (Å²) in [6.45, 7) is 0. The van der Waals surface area contributed by atoms with Gasteiger partial charge in [0.1, 0.15) is 11.0 Å². The smallest absolute Gasteiger partial charge is 0.153 e. The van der Waals surface area contributed by atoms with Gasteiger partial charge in [-0.15, -0.1) is 0 Å². The Labute approximate surface area is 338 Å². The average molecular weight is 757 g/mol. The normalized spacial score (nSPS) is 13.1. The Hall–Kier alpha value is -7.34. The molecular formula is C53H32N4S. The zero-order chi connectivity index (χ0) is 38.2. The van der Waals surface area contributed by atoms with Crippen molar-refractivity contribution in [1.82, 2.24) is 18.7 Å². The van der Waals surface area contributed by atoms with Crippen LogP contribution in [0.1, 0.15) is 17.0 Å². The van der Waals surface area contributed by atoms with Crippen LogP contribution in [0.4, 0.5) is 0 Å². The van der Waals surface area contributed by atoms with E-state index in [0.717, 1.165) is 61.5 Å². The molecule has 9 aromatic carbocycles. The van der Waals surface area contributed by atoms with Crippen LogP contribution in [0, 0.1) is 0 Å². The molecule has 12 rings (SSSR count). The molecule has 5 heteroatoms. The fourth-order valence-corrected chi connectivity index (χ4v) is 9.69. The van der Waals surface area contributed by atoms with Crippen molar-refractivity contribution in [1.29, 1.82) is 0 Å². The molecule has 0 unspecified atom stereocenters. The summed E-state index contributed by atoms with van der Waals surface area (Å²) in [7, 11) is 0. The van der Waals surface area contributed by atoms with Crippen molar-refractivity contribution >= 4 is 77.6 Å². The number of nitrogens with zero attached hydrogens (tertiary/aromatic N) is 4. The molecule has 2 aromatic heterocycles. The highest BCUT2D eigenvalue weighted by Crippen LogP contribution is 2.47. The lowest BCUT2D eigenvalue weighted by atomic mass is 9.78. The highest BCUT2D eigenvalue weighted by Gasteiger charge is 2.25.